The van der Waals surface area contributed by atoms with Gasteiger partial charge in [0, 0.05) is 6.42 Å². The average molecular weight is 358 g/mol. The number of carbonyl (C=O) groups excluding carboxylic acids is 1. The molecule has 3 rings (SSSR count). The van der Waals surface area contributed by atoms with Gasteiger partial charge >= 0.3 is 6.01 Å². The zero-order valence-corrected chi connectivity index (χ0v) is 15.0. The molecule has 1 aromatic carbocycles. The molecule has 0 aliphatic heterocycles. The van der Waals surface area contributed by atoms with Gasteiger partial charge in [-0.2, -0.15) is 0 Å². The fourth-order valence-corrected chi connectivity index (χ4v) is 3.17. The number of hydrogen-bond donors (Lipinski definition) is 1. The van der Waals surface area contributed by atoms with Gasteiger partial charge in [0.05, 0.1) is 17.8 Å². The molecule has 1 N–H and O–H groups in total. The predicted octanol–water partition coefficient (Wildman–Crippen LogP) is 3.39. The molecule has 2 heterocycles. The maximum absolute atomic E-state index is 12.1. The van der Waals surface area contributed by atoms with E-state index in [1.807, 2.05) is 38.1 Å². The van der Waals surface area contributed by atoms with E-state index in [2.05, 4.69) is 20.5 Å². The number of aryl methyl sites for hydroxylation is 3. The van der Waals surface area contributed by atoms with Crippen molar-refractivity contribution in [3.63, 3.8) is 0 Å². The number of hydrogen-bond acceptors (Lipinski definition) is 7. The Kier molecular flexibility index (Phi) is 5.08. The lowest BCUT2D eigenvalue weighted by atomic mass is 10.1. The lowest BCUT2D eigenvalue weighted by molar-refractivity contribution is -0.116. The number of nitrogens with zero attached hydrogens (tertiary/aromatic N) is 3. The fourth-order valence-electron chi connectivity index (χ4n) is 2.33. The zero-order valence-electron chi connectivity index (χ0n) is 14.2. The van der Waals surface area contributed by atoms with Crippen LogP contribution in [0.5, 0.6) is 5.75 Å². The quantitative estimate of drug-likeness (QED) is 0.726. The third-order valence-electron chi connectivity index (χ3n) is 3.57. The van der Waals surface area contributed by atoms with Gasteiger partial charge in [-0.05, 0) is 38.0 Å². The molecule has 0 fully saturated rings. The van der Waals surface area contributed by atoms with Gasteiger partial charge in [-0.3, -0.25) is 10.1 Å². The maximum atomic E-state index is 12.1. The van der Waals surface area contributed by atoms with E-state index in [1.165, 1.54) is 11.3 Å². The van der Waals surface area contributed by atoms with Gasteiger partial charge in [0.15, 0.2) is 0 Å². The van der Waals surface area contributed by atoms with Crippen LogP contribution in [-0.2, 0) is 11.2 Å². The van der Waals surface area contributed by atoms with Crippen molar-refractivity contribution in [3.8, 4) is 16.5 Å². The van der Waals surface area contributed by atoms with E-state index in [0.717, 1.165) is 26.9 Å². The number of ether oxygens (including phenoxy) is 1. The molecule has 0 spiro atoms. The van der Waals surface area contributed by atoms with Crippen LogP contribution >= 0.6 is 11.3 Å². The second kappa shape index (κ2) is 7.43. The second-order valence-electron chi connectivity index (χ2n) is 5.46. The lowest BCUT2D eigenvalue weighted by Crippen LogP contribution is -2.12. The highest BCUT2D eigenvalue weighted by Gasteiger charge is 2.16. The Balaban J connectivity index is 1.57. The summed E-state index contributed by atoms with van der Waals surface area (Å²) in [6.07, 6.45) is 0.937. The number of benzene rings is 1. The van der Waals surface area contributed by atoms with Crippen LogP contribution in [0.2, 0.25) is 0 Å². The Morgan fingerprint density at radius 3 is 2.64 bits per heavy atom. The Hall–Kier alpha value is -2.74. The molecule has 0 bridgehead atoms. The molecule has 0 atom stereocenters. The number of anilines is 1. The van der Waals surface area contributed by atoms with Crippen molar-refractivity contribution >= 4 is 23.3 Å². The van der Waals surface area contributed by atoms with Crippen LogP contribution in [0.15, 0.2) is 28.7 Å². The highest BCUT2D eigenvalue weighted by molar-refractivity contribution is 7.15. The molecule has 1 amide bonds. The normalized spacial score (nSPS) is 10.7. The van der Waals surface area contributed by atoms with E-state index in [0.29, 0.717) is 18.7 Å². The van der Waals surface area contributed by atoms with E-state index >= 15 is 0 Å². The van der Waals surface area contributed by atoms with Crippen LogP contribution < -0.4 is 10.1 Å². The Bertz CT molecular complexity index is 870. The molecule has 2 aromatic heterocycles. The molecule has 130 valence electrons. The molecule has 0 unspecified atom stereocenters. The number of amides is 1. The van der Waals surface area contributed by atoms with Crippen LogP contribution in [0.3, 0.4) is 0 Å². The summed E-state index contributed by atoms with van der Waals surface area (Å²) < 4.78 is 10.6. The lowest BCUT2D eigenvalue weighted by Gasteiger charge is -2.03. The SMILES string of the molecule is COc1ccc(CCC(=O)Nc2nnc(-c3sc(C)nc3C)o2)cc1. The number of methoxy groups -OCH3 is 1. The molecular weight excluding hydrogens is 340 g/mol. The van der Waals surface area contributed by atoms with Crippen molar-refractivity contribution in [1.82, 2.24) is 15.2 Å². The van der Waals surface area contributed by atoms with Gasteiger partial charge in [-0.1, -0.05) is 17.2 Å². The Morgan fingerprint density at radius 1 is 1.24 bits per heavy atom. The summed E-state index contributed by atoms with van der Waals surface area (Å²) in [6, 6.07) is 7.71. The van der Waals surface area contributed by atoms with Gasteiger partial charge in [0.2, 0.25) is 5.91 Å². The van der Waals surface area contributed by atoms with Crippen LogP contribution in [0.4, 0.5) is 6.01 Å². The minimum absolute atomic E-state index is 0.0974. The van der Waals surface area contributed by atoms with Gasteiger partial charge < -0.3 is 9.15 Å². The molecule has 8 heteroatoms. The van der Waals surface area contributed by atoms with Crippen molar-refractivity contribution in [2.75, 3.05) is 12.4 Å². The molecular formula is C17H18N4O3S. The number of thiazole rings is 1. The summed E-state index contributed by atoms with van der Waals surface area (Å²) in [5, 5.41) is 11.4. The average Bonchev–Trinajstić information content (AvgIpc) is 3.19. The van der Waals surface area contributed by atoms with E-state index in [9.17, 15) is 4.79 Å². The van der Waals surface area contributed by atoms with Crippen molar-refractivity contribution < 1.29 is 13.9 Å². The van der Waals surface area contributed by atoms with E-state index in [-0.39, 0.29) is 11.9 Å². The second-order valence-corrected chi connectivity index (χ2v) is 6.66. The number of carbonyl (C=O) groups is 1. The van der Waals surface area contributed by atoms with Crippen LogP contribution in [0, 0.1) is 13.8 Å². The van der Waals surface area contributed by atoms with Crippen LogP contribution in [0.25, 0.3) is 10.8 Å². The highest BCUT2D eigenvalue weighted by Crippen LogP contribution is 2.29. The first-order chi connectivity index (χ1) is 12.0. The highest BCUT2D eigenvalue weighted by atomic mass is 32.1. The third-order valence-corrected chi connectivity index (χ3v) is 4.63. The molecule has 7 nitrogen and oxygen atoms in total. The van der Waals surface area contributed by atoms with Gasteiger partial charge in [0.1, 0.15) is 10.6 Å². The largest absolute Gasteiger partial charge is 0.497 e. The van der Waals surface area contributed by atoms with Crippen LogP contribution in [-0.4, -0.2) is 28.2 Å². The van der Waals surface area contributed by atoms with Crippen molar-refractivity contribution in [1.29, 1.82) is 0 Å². The van der Waals surface area contributed by atoms with E-state index in [1.54, 1.807) is 7.11 Å². The topological polar surface area (TPSA) is 90.1 Å². The van der Waals surface area contributed by atoms with Gasteiger partial charge in [-0.15, -0.1) is 16.4 Å². The Labute approximate surface area is 149 Å². The first-order valence-corrected chi connectivity index (χ1v) is 8.57. The van der Waals surface area contributed by atoms with Crippen LogP contribution in [0.1, 0.15) is 22.7 Å². The van der Waals surface area contributed by atoms with Gasteiger partial charge in [0.25, 0.3) is 5.89 Å². The Morgan fingerprint density at radius 2 is 2.00 bits per heavy atom. The smallest absolute Gasteiger partial charge is 0.322 e. The minimum Gasteiger partial charge on any atom is -0.497 e. The van der Waals surface area contributed by atoms with Crippen molar-refractivity contribution in [3.05, 3.63) is 40.5 Å². The minimum atomic E-state index is -0.178. The van der Waals surface area contributed by atoms with E-state index in [4.69, 9.17) is 9.15 Å². The molecule has 0 aliphatic carbocycles. The first kappa shape index (κ1) is 17.1. The molecule has 25 heavy (non-hydrogen) atoms. The summed E-state index contributed by atoms with van der Waals surface area (Å²) in [4.78, 5) is 17.2. The first-order valence-electron chi connectivity index (χ1n) is 7.76. The molecule has 0 saturated heterocycles. The molecule has 3 aromatic rings. The summed E-state index contributed by atoms with van der Waals surface area (Å²) in [5.74, 6) is 0.983. The summed E-state index contributed by atoms with van der Waals surface area (Å²) >= 11 is 1.48. The molecule has 0 radical (unpaired) electrons. The standard InChI is InChI=1S/C17H18N4O3S/c1-10-15(25-11(2)18-10)16-20-21-17(24-16)19-14(22)9-6-12-4-7-13(23-3)8-5-12/h4-5,7-8H,6,9H2,1-3H3,(H,19,21,22). The third kappa shape index (κ3) is 4.21. The summed E-state index contributed by atoms with van der Waals surface area (Å²) in [7, 11) is 1.62. The summed E-state index contributed by atoms with van der Waals surface area (Å²) in [5.41, 5.74) is 1.89. The molecule has 0 saturated carbocycles. The van der Waals surface area contributed by atoms with Gasteiger partial charge in [-0.25, -0.2) is 4.98 Å². The number of aromatic nitrogens is 3. The van der Waals surface area contributed by atoms with E-state index < -0.39 is 0 Å². The maximum Gasteiger partial charge on any atom is 0.322 e. The molecule has 0 aliphatic rings. The monoisotopic (exact) mass is 358 g/mol. The number of rotatable bonds is 6. The zero-order chi connectivity index (χ0) is 17.8. The van der Waals surface area contributed by atoms with Crippen molar-refractivity contribution in [2.45, 2.75) is 26.7 Å². The van der Waals surface area contributed by atoms with Crippen molar-refractivity contribution in [2.24, 2.45) is 0 Å². The summed E-state index contributed by atoms with van der Waals surface area (Å²) in [6.45, 7) is 3.80. The number of nitrogens with one attached hydrogen (secondary N) is 1. The predicted molar refractivity (Wildman–Crippen MR) is 94.8 cm³/mol. The fraction of sp³-hybridized carbons (Fsp3) is 0.294.